The molecule has 18 heavy (non-hydrogen) atoms. The molecule has 2 rings (SSSR count). The minimum atomic E-state index is 0.481. The molecule has 2 unspecified atom stereocenters. The molecule has 0 aromatic carbocycles. The first-order valence-electron chi connectivity index (χ1n) is 6.72. The van der Waals surface area contributed by atoms with Crippen LogP contribution in [0.1, 0.15) is 39.2 Å². The summed E-state index contributed by atoms with van der Waals surface area (Å²) in [6, 6.07) is 4.62. The number of nitrogens with zero attached hydrogens (tertiary/aromatic N) is 1. The first-order chi connectivity index (χ1) is 8.50. The van der Waals surface area contributed by atoms with Crippen LogP contribution in [0.15, 0.2) is 18.3 Å². The van der Waals surface area contributed by atoms with Gasteiger partial charge in [-0.1, -0.05) is 26.8 Å². The van der Waals surface area contributed by atoms with E-state index in [1.165, 1.54) is 18.4 Å². The van der Waals surface area contributed by atoms with E-state index in [4.69, 9.17) is 4.74 Å². The first-order valence-corrected chi connectivity index (χ1v) is 6.72. The second-order valence-electron chi connectivity index (χ2n) is 6.25. The molecule has 3 heteroatoms. The van der Waals surface area contributed by atoms with Gasteiger partial charge in [0.15, 0.2) is 0 Å². The zero-order valence-electron chi connectivity index (χ0n) is 11.9. The van der Waals surface area contributed by atoms with Crippen LogP contribution in [-0.4, -0.2) is 18.1 Å². The quantitative estimate of drug-likeness (QED) is 0.889. The van der Waals surface area contributed by atoms with E-state index in [0.29, 0.717) is 17.3 Å². The van der Waals surface area contributed by atoms with Gasteiger partial charge in [0.2, 0.25) is 5.88 Å². The summed E-state index contributed by atoms with van der Waals surface area (Å²) in [6.07, 6.45) is 4.46. The molecule has 2 atom stereocenters. The standard InChI is InChI=1S/C15H24N2O/c1-11-7-15(2,3)8-13(11)16-9-12-5-6-14(18-4)17-10-12/h5-6,10-11,13,16H,7-9H2,1-4H3. The third-order valence-electron chi connectivity index (χ3n) is 3.91. The average Bonchev–Trinajstić information content (AvgIpc) is 2.60. The minimum Gasteiger partial charge on any atom is -0.481 e. The molecule has 1 aromatic rings. The second-order valence-corrected chi connectivity index (χ2v) is 6.25. The van der Waals surface area contributed by atoms with Crippen LogP contribution in [0.4, 0.5) is 0 Å². The topological polar surface area (TPSA) is 34.1 Å². The number of methoxy groups -OCH3 is 1. The maximum atomic E-state index is 5.06. The van der Waals surface area contributed by atoms with Gasteiger partial charge in [-0.05, 0) is 29.7 Å². The van der Waals surface area contributed by atoms with E-state index < -0.39 is 0 Å². The van der Waals surface area contributed by atoms with Gasteiger partial charge in [-0.25, -0.2) is 4.98 Å². The van der Waals surface area contributed by atoms with Crippen molar-refractivity contribution < 1.29 is 4.74 Å². The number of aromatic nitrogens is 1. The normalized spacial score (nSPS) is 26.2. The lowest BCUT2D eigenvalue weighted by molar-refractivity contribution is 0.362. The van der Waals surface area contributed by atoms with Crippen LogP contribution in [0, 0.1) is 11.3 Å². The van der Waals surface area contributed by atoms with Gasteiger partial charge in [-0.15, -0.1) is 0 Å². The molecule has 1 aromatic heterocycles. The zero-order valence-corrected chi connectivity index (χ0v) is 11.9. The van der Waals surface area contributed by atoms with E-state index in [1.54, 1.807) is 7.11 Å². The summed E-state index contributed by atoms with van der Waals surface area (Å²) < 4.78 is 5.06. The fourth-order valence-electron chi connectivity index (χ4n) is 3.05. The molecule has 0 spiro atoms. The van der Waals surface area contributed by atoms with Crippen molar-refractivity contribution in [2.75, 3.05) is 7.11 Å². The van der Waals surface area contributed by atoms with Gasteiger partial charge in [0, 0.05) is 24.8 Å². The molecule has 0 saturated heterocycles. The number of nitrogens with one attached hydrogen (secondary N) is 1. The molecule has 100 valence electrons. The van der Waals surface area contributed by atoms with Gasteiger partial charge in [-0.3, -0.25) is 0 Å². The predicted molar refractivity (Wildman–Crippen MR) is 73.6 cm³/mol. The molecule has 0 amide bonds. The monoisotopic (exact) mass is 248 g/mol. The SMILES string of the molecule is COc1ccc(CNC2CC(C)(C)CC2C)cn1. The van der Waals surface area contributed by atoms with E-state index >= 15 is 0 Å². The molecular formula is C15H24N2O. The van der Waals surface area contributed by atoms with E-state index in [2.05, 4.69) is 37.1 Å². The minimum absolute atomic E-state index is 0.481. The van der Waals surface area contributed by atoms with Crippen LogP contribution in [0.25, 0.3) is 0 Å². The lowest BCUT2D eigenvalue weighted by Gasteiger charge is -2.18. The molecule has 0 bridgehead atoms. The molecule has 1 fully saturated rings. The fraction of sp³-hybridized carbons (Fsp3) is 0.667. The smallest absolute Gasteiger partial charge is 0.212 e. The van der Waals surface area contributed by atoms with Gasteiger partial charge in [0.1, 0.15) is 0 Å². The van der Waals surface area contributed by atoms with Gasteiger partial charge >= 0.3 is 0 Å². The highest BCUT2D eigenvalue weighted by Crippen LogP contribution is 2.40. The number of rotatable bonds is 4. The summed E-state index contributed by atoms with van der Waals surface area (Å²) in [4.78, 5) is 4.23. The third-order valence-corrected chi connectivity index (χ3v) is 3.91. The summed E-state index contributed by atoms with van der Waals surface area (Å²) in [6.45, 7) is 7.96. The van der Waals surface area contributed by atoms with Crippen molar-refractivity contribution in [3.8, 4) is 5.88 Å². The number of pyridine rings is 1. The second kappa shape index (κ2) is 5.27. The van der Waals surface area contributed by atoms with Crippen molar-refractivity contribution in [3.05, 3.63) is 23.9 Å². The molecule has 3 nitrogen and oxygen atoms in total. The Kier molecular flexibility index (Phi) is 3.91. The lowest BCUT2D eigenvalue weighted by atomic mass is 9.91. The van der Waals surface area contributed by atoms with Crippen molar-refractivity contribution in [1.29, 1.82) is 0 Å². The summed E-state index contributed by atoms with van der Waals surface area (Å²) in [5.41, 5.74) is 1.70. The number of ether oxygens (including phenoxy) is 1. The Morgan fingerprint density at radius 1 is 1.39 bits per heavy atom. The van der Waals surface area contributed by atoms with Crippen molar-refractivity contribution in [3.63, 3.8) is 0 Å². The Bertz CT molecular complexity index is 386. The van der Waals surface area contributed by atoms with E-state index in [-0.39, 0.29) is 0 Å². The van der Waals surface area contributed by atoms with Gasteiger partial charge < -0.3 is 10.1 Å². The Morgan fingerprint density at radius 3 is 2.67 bits per heavy atom. The van der Waals surface area contributed by atoms with E-state index in [0.717, 1.165) is 12.5 Å². The van der Waals surface area contributed by atoms with E-state index in [1.807, 2.05) is 12.3 Å². The molecule has 0 radical (unpaired) electrons. The summed E-state index contributed by atoms with van der Waals surface area (Å²) in [5, 5.41) is 3.66. The first kappa shape index (κ1) is 13.3. The van der Waals surface area contributed by atoms with Gasteiger partial charge in [0.25, 0.3) is 0 Å². The molecule has 1 aliphatic rings. The summed E-state index contributed by atoms with van der Waals surface area (Å²) in [5.74, 6) is 1.43. The van der Waals surface area contributed by atoms with Crippen molar-refractivity contribution in [1.82, 2.24) is 10.3 Å². The Labute approximate surface area is 110 Å². The highest BCUT2D eigenvalue weighted by molar-refractivity contribution is 5.17. The van der Waals surface area contributed by atoms with Crippen LogP contribution in [0.2, 0.25) is 0 Å². The highest BCUT2D eigenvalue weighted by atomic mass is 16.5. The molecule has 1 saturated carbocycles. The molecule has 1 N–H and O–H groups in total. The van der Waals surface area contributed by atoms with Crippen LogP contribution >= 0.6 is 0 Å². The number of hydrogen-bond acceptors (Lipinski definition) is 3. The van der Waals surface area contributed by atoms with Crippen LogP contribution < -0.4 is 10.1 Å². The Balaban J connectivity index is 1.87. The maximum Gasteiger partial charge on any atom is 0.212 e. The highest BCUT2D eigenvalue weighted by Gasteiger charge is 2.36. The Hall–Kier alpha value is -1.09. The molecular weight excluding hydrogens is 224 g/mol. The zero-order chi connectivity index (χ0) is 13.2. The van der Waals surface area contributed by atoms with Crippen molar-refractivity contribution >= 4 is 0 Å². The largest absolute Gasteiger partial charge is 0.481 e. The molecule has 1 heterocycles. The lowest BCUT2D eigenvalue weighted by Crippen LogP contribution is -2.31. The van der Waals surface area contributed by atoms with E-state index in [9.17, 15) is 0 Å². The third kappa shape index (κ3) is 3.22. The molecule has 1 aliphatic carbocycles. The van der Waals surface area contributed by atoms with Crippen molar-refractivity contribution in [2.24, 2.45) is 11.3 Å². The summed E-state index contributed by atoms with van der Waals surface area (Å²) >= 11 is 0. The predicted octanol–water partition coefficient (Wildman–Crippen LogP) is 3.00. The van der Waals surface area contributed by atoms with Crippen LogP contribution in [0.3, 0.4) is 0 Å². The number of hydrogen-bond donors (Lipinski definition) is 1. The fourth-order valence-corrected chi connectivity index (χ4v) is 3.05. The van der Waals surface area contributed by atoms with Crippen molar-refractivity contribution in [2.45, 2.75) is 46.2 Å². The maximum absolute atomic E-state index is 5.06. The average molecular weight is 248 g/mol. The van der Waals surface area contributed by atoms with Gasteiger partial charge in [0.05, 0.1) is 7.11 Å². The summed E-state index contributed by atoms with van der Waals surface area (Å²) in [7, 11) is 1.64. The van der Waals surface area contributed by atoms with Gasteiger partial charge in [-0.2, -0.15) is 0 Å². The van der Waals surface area contributed by atoms with Crippen LogP contribution in [-0.2, 0) is 6.54 Å². The van der Waals surface area contributed by atoms with Crippen LogP contribution in [0.5, 0.6) is 5.88 Å². The Morgan fingerprint density at radius 2 is 2.17 bits per heavy atom. The molecule has 0 aliphatic heterocycles.